The maximum absolute atomic E-state index is 12.3. The molecule has 0 N–H and O–H groups in total. The molecule has 0 saturated carbocycles. The smallest absolute Gasteiger partial charge is 0.345 e. The second-order valence-electron chi connectivity index (χ2n) is 3.80. The molecule has 0 aliphatic carbocycles. The van der Waals surface area contributed by atoms with Crippen LogP contribution in [0.1, 0.15) is 30.0 Å². The van der Waals surface area contributed by atoms with Crippen LogP contribution in [0.2, 0.25) is 0 Å². The topological polar surface area (TPSA) is 56.5 Å². The first-order valence-electron chi connectivity index (χ1n) is 5.90. The number of ether oxygens (including phenoxy) is 1. The molecule has 0 bridgehead atoms. The van der Waals surface area contributed by atoms with Gasteiger partial charge < -0.3 is 9.15 Å². The van der Waals surface area contributed by atoms with Gasteiger partial charge in [0, 0.05) is 6.42 Å². The Morgan fingerprint density at radius 3 is 2.67 bits per heavy atom. The van der Waals surface area contributed by atoms with Gasteiger partial charge in [0.05, 0.1) is 12.0 Å². The number of carbonyl (C=O) groups excluding carboxylic acids is 1. The molecule has 0 radical (unpaired) electrons. The number of benzene rings is 1. The maximum atomic E-state index is 12.3. The van der Waals surface area contributed by atoms with Crippen LogP contribution in [-0.4, -0.2) is 12.6 Å². The number of hydrogen-bond acceptors (Lipinski definition) is 4. The third-order valence-electron chi connectivity index (χ3n) is 2.67. The zero-order chi connectivity index (χ0) is 13.1. The largest absolute Gasteiger partial charge is 0.462 e. The lowest BCUT2D eigenvalue weighted by Crippen LogP contribution is -2.20. The molecule has 0 atom stereocenters. The predicted octanol–water partition coefficient (Wildman–Crippen LogP) is 2.53. The highest BCUT2D eigenvalue weighted by atomic mass is 16.5. The Hall–Kier alpha value is -2.10. The van der Waals surface area contributed by atoms with Gasteiger partial charge in [-0.05, 0) is 19.1 Å². The van der Waals surface area contributed by atoms with E-state index in [1.807, 2.05) is 6.92 Å². The highest BCUT2D eigenvalue weighted by Gasteiger charge is 2.20. The van der Waals surface area contributed by atoms with Crippen LogP contribution in [0.3, 0.4) is 0 Å². The van der Waals surface area contributed by atoms with Crippen molar-refractivity contribution in [3.63, 3.8) is 0 Å². The second kappa shape index (κ2) is 5.04. The Kier molecular flexibility index (Phi) is 3.46. The number of carbonyl (C=O) groups is 1. The third kappa shape index (κ3) is 2.01. The van der Waals surface area contributed by atoms with Crippen molar-refractivity contribution in [3.05, 3.63) is 45.8 Å². The Labute approximate surface area is 104 Å². The summed E-state index contributed by atoms with van der Waals surface area (Å²) in [6.07, 6.45) is 0.466. The molecule has 1 heterocycles. The monoisotopic (exact) mass is 246 g/mol. The standard InChI is InChI=1S/C14H14O4/c1-3-10-12(14(16)17-4-2)13(15)9-7-5-6-8-11(9)18-10/h5-8H,3-4H2,1-2H3. The molecule has 0 unspecified atom stereocenters. The van der Waals surface area contributed by atoms with Crippen molar-refractivity contribution in [1.29, 1.82) is 0 Å². The van der Waals surface area contributed by atoms with Gasteiger partial charge in [0.15, 0.2) is 0 Å². The van der Waals surface area contributed by atoms with E-state index in [1.54, 1.807) is 31.2 Å². The van der Waals surface area contributed by atoms with Crippen molar-refractivity contribution in [2.24, 2.45) is 0 Å². The quantitative estimate of drug-likeness (QED) is 0.781. The van der Waals surface area contributed by atoms with Crippen LogP contribution in [0, 0.1) is 0 Å². The Balaban J connectivity index is 2.74. The van der Waals surface area contributed by atoms with E-state index in [0.717, 1.165) is 0 Å². The molecule has 2 aromatic rings. The van der Waals surface area contributed by atoms with Crippen LogP contribution in [0.5, 0.6) is 0 Å². The van der Waals surface area contributed by atoms with Gasteiger partial charge in [0.2, 0.25) is 5.43 Å². The summed E-state index contributed by atoms with van der Waals surface area (Å²) in [5.74, 6) is -0.244. The predicted molar refractivity (Wildman–Crippen MR) is 67.8 cm³/mol. The van der Waals surface area contributed by atoms with Gasteiger partial charge in [-0.2, -0.15) is 0 Å². The lowest BCUT2D eigenvalue weighted by atomic mass is 10.1. The minimum atomic E-state index is -0.617. The SMILES string of the molecule is CCOC(=O)c1c(CC)oc2ccccc2c1=O. The molecule has 0 spiro atoms. The summed E-state index contributed by atoms with van der Waals surface area (Å²) < 4.78 is 10.5. The molecule has 0 aliphatic heterocycles. The summed E-state index contributed by atoms with van der Waals surface area (Å²) in [7, 11) is 0. The van der Waals surface area contributed by atoms with E-state index in [2.05, 4.69) is 0 Å². The zero-order valence-electron chi connectivity index (χ0n) is 10.4. The number of rotatable bonds is 3. The van der Waals surface area contributed by atoms with Crippen LogP contribution in [0.25, 0.3) is 11.0 Å². The molecule has 1 aromatic carbocycles. The Bertz CT molecular complexity index is 640. The second-order valence-corrected chi connectivity index (χ2v) is 3.80. The molecule has 18 heavy (non-hydrogen) atoms. The molecular weight excluding hydrogens is 232 g/mol. The molecular formula is C14H14O4. The molecule has 0 aliphatic rings. The van der Waals surface area contributed by atoms with Crippen LogP contribution < -0.4 is 5.43 Å². The van der Waals surface area contributed by atoms with Crippen molar-refractivity contribution < 1.29 is 13.9 Å². The van der Waals surface area contributed by atoms with Gasteiger partial charge in [0.25, 0.3) is 0 Å². The lowest BCUT2D eigenvalue weighted by Gasteiger charge is -2.07. The number of aryl methyl sites for hydroxylation is 1. The van der Waals surface area contributed by atoms with E-state index in [4.69, 9.17) is 9.15 Å². The van der Waals surface area contributed by atoms with E-state index in [1.165, 1.54) is 0 Å². The van der Waals surface area contributed by atoms with Crippen LogP contribution >= 0.6 is 0 Å². The molecule has 0 saturated heterocycles. The average molecular weight is 246 g/mol. The first-order chi connectivity index (χ1) is 8.69. The molecule has 94 valence electrons. The number of esters is 1. The van der Waals surface area contributed by atoms with E-state index in [-0.39, 0.29) is 17.6 Å². The molecule has 4 heteroatoms. The van der Waals surface area contributed by atoms with Crippen LogP contribution in [0.4, 0.5) is 0 Å². The first kappa shape index (κ1) is 12.4. The summed E-state index contributed by atoms with van der Waals surface area (Å²) in [4.78, 5) is 24.1. The minimum absolute atomic E-state index is 0.0121. The van der Waals surface area contributed by atoms with Gasteiger partial charge >= 0.3 is 5.97 Å². The molecule has 4 nitrogen and oxygen atoms in total. The zero-order valence-corrected chi connectivity index (χ0v) is 10.4. The van der Waals surface area contributed by atoms with Crippen molar-refractivity contribution in [3.8, 4) is 0 Å². The number of para-hydroxylation sites is 1. The fraction of sp³-hybridized carbons (Fsp3) is 0.286. The third-order valence-corrected chi connectivity index (χ3v) is 2.67. The normalized spacial score (nSPS) is 10.6. The fourth-order valence-electron chi connectivity index (χ4n) is 1.85. The fourth-order valence-corrected chi connectivity index (χ4v) is 1.85. The van der Waals surface area contributed by atoms with E-state index in [9.17, 15) is 9.59 Å². The van der Waals surface area contributed by atoms with Gasteiger partial charge in [-0.1, -0.05) is 19.1 Å². The first-order valence-corrected chi connectivity index (χ1v) is 5.90. The van der Waals surface area contributed by atoms with E-state index in [0.29, 0.717) is 23.2 Å². The summed E-state index contributed by atoms with van der Waals surface area (Å²) >= 11 is 0. The van der Waals surface area contributed by atoms with E-state index < -0.39 is 5.97 Å². The van der Waals surface area contributed by atoms with Gasteiger partial charge in [0.1, 0.15) is 16.9 Å². The number of fused-ring (bicyclic) bond motifs is 1. The molecule has 1 aromatic heterocycles. The van der Waals surface area contributed by atoms with Crippen LogP contribution in [0.15, 0.2) is 33.5 Å². The van der Waals surface area contributed by atoms with Gasteiger partial charge in [-0.3, -0.25) is 4.79 Å². The van der Waals surface area contributed by atoms with Crippen molar-refractivity contribution in [2.75, 3.05) is 6.61 Å². The summed E-state index contributed by atoms with van der Waals surface area (Å²) in [6.45, 7) is 3.76. The number of hydrogen-bond donors (Lipinski definition) is 0. The Morgan fingerprint density at radius 2 is 2.00 bits per heavy atom. The molecule has 2 rings (SSSR count). The summed E-state index contributed by atoms with van der Waals surface area (Å²) in [5, 5.41) is 0.401. The summed E-state index contributed by atoms with van der Waals surface area (Å²) in [6, 6.07) is 6.88. The highest BCUT2D eigenvalue weighted by molar-refractivity contribution is 5.94. The lowest BCUT2D eigenvalue weighted by molar-refractivity contribution is 0.0520. The van der Waals surface area contributed by atoms with E-state index >= 15 is 0 Å². The van der Waals surface area contributed by atoms with Gasteiger partial charge in [-0.25, -0.2) is 4.79 Å². The Morgan fingerprint density at radius 1 is 1.28 bits per heavy atom. The highest BCUT2D eigenvalue weighted by Crippen LogP contribution is 2.16. The summed E-state index contributed by atoms with van der Waals surface area (Å²) in [5.41, 5.74) is 0.178. The van der Waals surface area contributed by atoms with Crippen LogP contribution in [-0.2, 0) is 11.2 Å². The molecule has 0 amide bonds. The maximum Gasteiger partial charge on any atom is 0.345 e. The minimum Gasteiger partial charge on any atom is -0.462 e. The van der Waals surface area contributed by atoms with Crippen molar-refractivity contribution in [2.45, 2.75) is 20.3 Å². The van der Waals surface area contributed by atoms with Crippen molar-refractivity contribution >= 4 is 16.9 Å². The van der Waals surface area contributed by atoms with Gasteiger partial charge in [-0.15, -0.1) is 0 Å². The average Bonchev–Trinajstić information content (AvgIpc) is 2.38. The molecule has 0 fully saturated rings. The van der Waals surface area contributed by atoms with Crippen molar-refractivity contribution in [1.82, 2.24) is 0 Å².